The molecule has 0 bridgehead atoms. The van der Waals surface area contributed by atoms with Gasteiger partial charge in [-0.1, -0.05) is 36.4 Å². The third kappa shape index (κ3) is 5.68. The first kappa shape index (κ1) is 26.4. The summed E-state index contributed by atoms with van der Waals surface area (Å²) in [4.78, 5) is 14.6. The quantitative estimate of drug-likeness (QED) is 0.390. The van der Waals surface area contributed by atoms with Gasteiger partial charge in [-0.25, -0.2) is 18.0 Å². The monoisotopic (exact) mass is 522 g/mol. The minimum atomic E-state index is -4.88. The second kappa shape index (κ2) is 10.4. The van der Waals surface area contributed by atoms with E-state index in [2.05, 4.69) is 5.32 Å². The van der Waals surface area contributed by atoms with Crippen molar-refractivity contribution in [1.29, 1.82) is 0 Å². The van der Waals surface area contributed by atoms with Gasteiger partial charge in [0, 0.05) is 13.0 Å². The third-order valence-electron chi connectivity index (χ3n) is 6.41. The molecule has 3 aromatic rings. The Bertz CT molecular complexity index is 1270. The van der Waals surface area contributed by atoms with E-state index in [1.807, 2.05) is 0 Å². The lowest BCUT2D eigenvalue weighted by atomic mass is 9.77. The first-order valence-electron chi connectivity index (χ1n) is 11.5. The number of likely N-dealkylation sites (tertiary alicyclic amines) is 1. The summed E-state index contributed by atoms with van der Waals surface area (Å²) in [5.74, 6) is -2.13. The summed E-state index contributed by atoms with van der Waals surface area (Å²) in [6, 6.07) is 13.4. The molecule has 1 fully saturated rings. The number of carbonyl (C=O) groups is 1. The van der Waals surface area contributed by atoms with E-state index in [1.165, 1.54) is 24.1 Å². The van der Waals surface area contributed by atoms with Crippen molar-refractivity contribution in [3.05, 3.63) is 101 Å². The van der Waals surface area contributed by atoms with Crippen LogP contribution in [-0.2, 0) is 18.1 Å². The second-order valence-electron chi connectivity index (χ2n) is 8.91. The summed E-state index contributed by atoms with van der Waals surface area (Å²) in [6.45, 7) is -0.102. The highest BCUT2D eigenvalue weighted by Gasteiger charge is 2.42. The standard InChI is InChI=1S/C27H24F6N2O2/c1-37-24-14-18(7-8-23(24)30)26(15-17-5-3-2-4-6-17,34-25(36)35-10-9-21(28)16-35)19-11-20(27(31,32)33)13-22(29)12-19/h2-8,11-14,21H,9-10,15-16H2,1H3,(H,34,36)/t21-,26+/m0/s1. The van der Waals surface area contributed by atoms with Gasteiger partial charge in [-0.05, 0) is 53.4 Å². The molecule has 10 heteroatoms. The number of ether oxygens (including phenoxy) is 1. The predicted octanol–water partition coefficient (Wildman–Crippen LogP) is 6.23. The maximum Gasteiger partial charge on any atom is 0.416 e. The van der Waals surface area contributed by atoms with Gasteiger partial charge >= 0.3 is 12.2 Å². The van der Waals surface area contributed by atoms with Crippen LogP contribution in [0.5, 0.6) is 5.75 Å². The molecule has 4 nitrogen and oxygen atoms in total. The van der Waals surface area contributed by atoms with Crippen LogP contribution in [0.25, 0.3) is 0 Å². The number of hydrogen-bond acceptors (Lipinski definition) is 2. The van der Waals surface area contributed by atoms with Gasteiger partial charge in [-0.3, -0.25) is 0 Å². The summed E-state index contributed by atoms with van der Waals surface area (Å²) in [5.41, 5.74) is -2.54. The van der Waals surface area contributed by atoms with E-state index in [-0.39, 0.29) is 42.8 Å². The average Bonchev–Trinajstić information content (AvgIpc) is 3.30. The molecule has 2 atom stereocenters. The summed E-state index contributed by atoms with van der Waals surface area (Å²) >= 11 is 0. The summed E-state index contributed by atoms with van der Waals surface area (Å²) in [7, 11) is 1.22. The summed E-state index contributed by atoms with van der Waals surface area (Å²) < 4.78 is 89.2. The Balaban J connectivity index is 1.97. The molecule has 0 saturated carbocycles. The highest BCUT2D eigenvalue weighted by molar-refractivity contribution is 5.77. The molecule has 196 valence electrons. The van der Waals surface area contributed by atoms with Crippen LogP contribution in [-0.4, -0.2) is 37.3 Å². The van der Waals surface area contributed by atoms with E-state index < -0.39 is 41.1 Å². The molecule has 0 unspecified atom stereocenters. The van der Waals surface area contributed by atoms with Crippen LogP contribution in [0.15, 0.2) is 66.7 Å². The van der Waals surface area contributed by atoms with Crippen LogP contribution in [0.2, 0.25) is 0 Å². The predicted molar refractivity (Wildman–Crippen MR) is 125 cm³/mol. The van der Waals surface area contributed by atoms with Gasteiger partial charge in [-0.2, -0.15) is 13.2 Å². The molecule has 37 heavy (non-hydrogen) atoms. The van der Waals surface area contributed by atoms with Crippen molar-refractivity contribution in [2.24, 2.45) is 0 Å². The number of urea groups is 1. The lowest BCUT2D eigenvalue weighted by Gasteiger charge is -2.38. The zero-order valence-electron chi connectivity index (χ0n) is 19.8. The lowest BCUT2D eigenvalue weighted by molar-refractivity contribution is -0.137. The molecule has 1 heterocycles. The van der Waals surface area contributed by atoms with Crippen molar-refractivity contribution in [3.8, 4) is 5.75 Å². The number of rotatable bonds is 6. The van der Waals surface area contributed by atoms with Gasteiger partial charge in [0.15, 0.2) is 11.6 Å². The minimum absolute atomic E-state index is 0.0953. The Morgan fingerprint density at radius 3 is 2.32 bits per heavy atom. The van der Waals surface area contributed by atoms with Gasteiger partial charge in [0.2, 0.25) is 0 Å². The number of amides is 2. The zero-order valence-corrected chi connectivity index (χ0v) is 19.8. The number of hydrogen-bond donors (Lipinski definition) is 1. The van der Waals surface area contributed by atoms with Crippen LogP contribution in [0.3, 0.4) is 0 Å². The second-order valence-corrected chi connectivity index (χ2v) is 8.91. The third-order valence-corrected chi connectivity index (χ3v) is 6.41. The van der Waals surface area contributed by atoms with Gasteiger partial charge in [0.05, 0.1) is 24.8 Å². The summed E-state index contributed by atoms with van der Waals surface area (Å²) in [6.07, 6.45) is -6.13. The molecule has 3 aromatic carbocycles. The van der Waals surface area contributed by atoms with Crippen LogP contribution < -0.4 is 10.1 Å². The highest BCUT2D eigenvalue weighted by Crippen LogP contribution is 2.40. The molecule has 1 aliphatic rings. The van der Waals surface area contributed by atoms with Crippen LogP contribution in [0.1, 0.15) is 28.7 Å². The Labute approximate surface area is 209 Å². The first-order valence-corrected chi connectivity index (χ1v) is 11.5. The van der Waals surface area contributed by atoms with Crippen LogP contribution >= 0.6 is 0 Å². The lowest BCUT2D eigenvalue weighted by Crippen LogP contribution is -2.53. The number of benzene rings is 3. The smallest absolute Gasteiger partial charge is 0.416 e. The van der Waals surface area contributed by atoms with E-state index in [0.717, 1.165) is 18.2 Å². The van der Waals surface area contributed by atoms with Gasteiger partial charge in [0.1, 0.15) is 12.0 Å². The molecule has 4 rings (SSSR count). The van der Waals surface area contributed by atoms with E-state index in [0.29, 0.717) is 11.6 Å². The largest absolute Gasteiger partial charge is 0.494 e. The number of methoxy groups -OCH3 is 1. The van der Waals surface area contributed by atoms with Gasteiger partial charge in [0.25, 0.3) is 0 Å². The topological polar surface area (TPSA) is 41.6 Å². The fourth-order valence-corrected chi connectivity index (χ4v) is 4.55. The molecular weight excluding hydrogens is 498 g/mol. The minimum Gasteiger partial charge on any atom is -0.494 e. The Kier molecular flexibility index (Phi) is 7.38. The fraction of sp³-hybridized carbons (Fsp3) is 0.296. The molecule has 0 radical (unpaired) electrons. The van der Waals surface area contributed by atoms with E-state index in [1.54, 1.807) is 30.3 Å². The average molecular weight is 522 g/mol. The zero-order chi connectivity index (χ0) is 26.8. The highest BCUT2D eigenvalue weighted by atomic mass is 19.4. The molecule has 2 amide bonds. The molecular formula is C27H24F6N2O2. The van der Waals surface area contributed by atoms with E-state index in [9.17, 15) is 31.1 Å². The molecule has 1 aliphatic heterocycles. The molecule has 1 saturated heterocycles. The van der Waals surface area contributed by atoms with Crippen molar-refractivity contribution < 1.29 is 35.9 Å². The van der Waals surface area contributed by atoms with Crippen LogP contribution in [0.4, 0.5) is 31.1 Å². The first-order chi connectivity index (χ1) is 17.5. The maximum atomic E-state index is 14.7. The van der Waals surface area contributed by atoms with Crippen molar-refractivity contribution in [3.63, 3.8) is 0 Å². The van der Waals surface area contributed by atoms with E-state index in [4.69, 9.17) is 4.74 Å². The van der Waals surface area contributed by atoms with E-state index >= 15 is 0 Å². The van der Waals surface area contributed by atoms with Gasteiger partial charge < -0.3 is 15.0 Å². The van der Waals surface area contributed by atoms with Gasteiger partial charge in [-0.15, -0.1) is 0 Å². The van der Waals surface area contributed by atoms with Crippen LogP contribution in [0, 0.1) is 11.6 Å². The Morgan fingerprint density at radius 2 is 1.70 bits per heavy atom. The summed E-state index contributed by atoms with van der Waals surface area (Å²) in [5, 5.41) is 2.76. The Hall–Kier alpha value is -3.69. The molecule has 0 aliphatic carbocycles. The number of alkyl halides is 4. The normalized spacial score (nSPS) is 17.4. The van der Waals surface area contributed by atoms with Crippen molar-refractivity contribution in [1.82, 2.24) is 10.2 Å². The van der Waals surface area contributed by atoms with Crippen molar-refractivity contribution in [2.75, 3.05) is 20.2 Å². The van der Waals surface area contributed by atoms with Crippen molar-refractivity contribution >= 4 is 6.03 Å². The number of carbonyl (C=O) groups excluding carboxylic acids is 1. The molecule has 1 N–H and O–H groups in total. The number of halogens is 6. The van der Waals surface area contributed by atoms with Crippen molar-refractivity contribution in [2.45, 2.75) is 30.7 Å². The number of nitrogens with zero attached hydrogens (tertiary/aromatic N) is 1. The SMILES string of the molecule is COc1cc([C@@](Cc2ccccc2)(NC(=O)N2CC[C@H](F)C2)c2cc(F)cc(C(F)(F)F)c2)ccc1F. The molecule has 0 aromatic heterocycles. The Morgan fingerprint density at radius 1 is 1.00 bits per heavy atom. The fourth-order valence-electron chi connectivity index (χ4n) is 4.55. The number of nitrogens with one attached hydrogen (secondary N) is 1. The molecule has 0 spiro atoms. The maximum absolute atomic E-state index is 14.7.